The Labute approximate surface area is 141 Å². The minimum absolute atomic E-state index is 0.00104. The van der Waals surface area contributed by atoms with Gasteiger partial charge in [-0.05, 0) is 48.7 Å². The zero-order valence-electron chi connectivity index (χ0n) is 14.2. The van der Waals surface area contributed by atoms with E-state index in [9.17, 15) is 4.79 Å². The second-order valence-corrected chi connectivity index (χ2v) is 7.37. The normalized spacial score (nSPS) is 12.4. The van der Waals surface area contributed by atoms with Crippen LogP contribution >= 0.6 is 11.8 Å². The molecule has 7 heteroatoms. The summed E-state index contributed by atoms with van der Waals surface area (Å²) in [5.41, 5.74) is 3.21. The van der Waals surface area contributed by atoms with Crippen LogP contribution in [-0.4, -0.2) is 37.9 Å². The number of aromatic nitrogens is 4. The van der Waals surface area contributed by atoms with E-state index in [0.29, 0.717) is 17.6 Å². The quantitative estimate of drug-likeness (QED) is 0.823. The molecule has 0 aliphatic rings. The van der Waals surface area contributed by atoms with E-state index in [4.69, 9.17) is 0 Å². The van der Waals surface area contributed by atoms with Gasteiger partial charge in [0.25, 0.3) is 0 Å². The Hall–Kier alpha value is -1.89. The summed E-state index contributed by atoms with van der Waals surface area (Å²) >= 11 is 1.36. The number of tetrazole rings is 1. The van der Waals surface area contributed by atoms with Crippen LogP contribution in [0.5, 0.6) is 0 Å². The molecule has 0 saturated carbocycles. The molecule has 0 aliphatic carbocycles. The largest absolute Gasteiger partial charge is 0.355 e. The van der Waals surface area contributed by atoms with E-state index in [1.807, 2.05) is 32.9 Å². The minimum atomic E-state index is -0.260. The van der Waals surface area contributed by atoms with E-state index < -0.39 is 0 Å². The van der Waals surface area contributed by atoms with Crippen molar-refractivity contribution in [2.45, 2.75) is 45.0 Å². The highest BCUT2D eigenvalue weighted by Gasteiger charge is 2.19. The van der Waals surface area contributed by atoms with Crippen LogP contribution < -0.4 is 5.32 Å². The van der Waals surface area contributed by atoms with Crippen LogP contribution in [0.2, 0.25) is 0 Å². The van der Waals surface area contributed by atoms with Gasteiger partial charge < -0.3 is 5.32 Å². The molecule has 0 bridgehead atoms. The number of aryl methyl sites for hydroxylation is 2. The van der Waals surface area contributed by atoms with Gasteiger partial charge in [-0.25, -0.2) is 0 Å². The molecule has 1 N–H and O–H groups in total. The number of carbonyl (C=O) groups is 1. The molecule has 0 saturated heterocycles. The first-order valence-corrected chi connectivity index (χ1v) is 8.56. The Morgan fingerprint density at radius 3 is 2.70 bits per heavy atom. The van der Waals surface area contributed by atoms with Gasteiger partial charge in [0.2, 0.25) is 11.1 Å². The number of amides is 1. The van der Waals surface area contributed by atoms with Crippen molar-refractivity contribution in [2.24, 2.45) is 5.92 Å². The lowest BCUT2D eigenvalue weighted by Gasteiger charge is -2.13. The molecule has 2 rings (SSSR count). The lowest BCUT2D eigenvalue weighted by molar-refractivity contribution is -0.120. The van der Waals surface area contributed by atoms with Crippen molar-refractivity contribution >= 4 is 17.7 Å². The number of nitrogens with one attached hydrogen (secondary N) is 1. The Kier molecular flexibility index (Phi) is 5.76. The van der Waals surface area contributed by atoms with E-state index in [1.165, 1.54) is 17.3 Å². The third-order valence-electron chi connectivity index (χ3n) is 3.36. The molecular formula is C16H23N5OS. The van der Waals surface area contributed by atoms with Gasteiger partial charge in [0, 0.05) is 6.54 Å². The summed E-state index contributed by atoms with van der Waals surface area (Å²) in [6.45, 7) is 10.7. The van der Waals surface area contributed by atoms with Crippen molar-refractivity contribution in [3.05, 3.63) is 29.3 Å². The topological polar surface area (TPSA) is 72.7 Å². The van der Waals surface area contributed by atoms with Crippen molar-refractivity contribution in [1.29, 1.82) is 0 Å². The zero-order chi connectivity index (χ0) is 17.0. The lowest BCUT2D eigenvalue weighted by Crippen LogP contribution is -2.33. The monoisotopic (exact) mass is 333 g/mol. The summed E-state index contributed by atoms with van der Waals surface area (Å²) in [6, 6.07) is 6.11. The zero-order valence-corrected chi connectivity index (χ0v) is 15.0. The predicted octanol–water partition coefficient (Wildman–Crippen LogP) is 2.53. The van der Waals surface area contributed by atoms with Crippen LogP contribution in [0, 0.1) is 19.8 Å². The van der Waals surface area contributed by atoms with Crippen LogP contribution in [0.25, 0.3) is 5.69 Å². The fourth-order valence-electron chi connectivity index (χ4n) is 2.11. The van der Waals surface area contributed by atoms with Crippen molar-refractivity contribution < 1.29 is 4.79 Å². The number of nitrogens with zero attached hydrogens (tertiary/aromatic N) is 4. The molecule has 1 amide bonds. The van der Waals surface area contributed by atoms with Gasteiger partial charge in [-0.2, -0.15) is 4.68 Å². The maximum atomic E-state index is 12.1. The molecule has 0 aliphatic heterocycles. The number of hydrogen-bond acceptors (Lipinski definition) is 5. The molecule has 0 fully saturated rings. The smallest absolute Gasteiger partial charge is 0.233 e. The molecule has 23 heavy (non-hydrogen) atoms. The first-order chi connectivity index (χ1) is 10.9. The molecule has 0 spiro atoms. The second kappa shape index (κ2) is 7.59. The third-order valence-corrected chi connectivity index (χ3v) is 4.39. The molecule has 0 radical (unpaired) electrons. The molecule has 1 atom stereocenters. The summed E-state index contributed by atoms with van der Waals surface area (Å²) in [5, 5.41) is 15.2. The number of rotatable bonds is 6. The molecule has 1 unspecified atom stereocenters. The molecule has 1 aromatic heterocycles. The molecule has 2 aromatic rings. The summed E-state index contributed by atoms with van der Waals surface area (Å²) in [4.78, 5) is 12.1. The molecule has 1 aromatic carbocycles. The van der Waals surface area contributed by atoms with Crippen molar-refractivity contribution in [3.8, 4) is 5.69 Å². The van der Waals surface area contributed by atoms with E-state index in [1.54, 1.807) is 4.68 Å². The average molecular weight is 333 g/mol. The second-order valence-electron chi connectivity index (χ2n) is 6.06. The van der Waals surface area contributed by atoms with Gasteiger partial charge in [0.15, 0.2) is 0 Å². The number of hydrogen-bond donors (Lipinski definition) is 1. The fourth-order valence-corrected chi connectivity index (χ4v) is 2.93. The summed E-state index contributed by atoms with van der Waals surface area (Å²) in [6.07, 6.45) is 0. The van der Waals surface area contributed by atoms with Crippen LogP contribution in [-0.2, 0) is 4.79 Å². The average Bonchev–Trinajstić information content (AvgIpc) is 2.92. The minimum Gasteiger partial charge on any atom is -0.355 e. The van der Waals surface area contributed by atoms with E-state index in [-0.39, 0.29) is 11.2 Å². The van der Waals surface area contributed by atoms with Crippen LogP contribution in [0.1, 0.15) is 31.9 Å². The maximum Gasteiger partial charge on any atom is 0.233 e. The van der Waals surface area contributed by atoms with Crippen LogP contribution in [0.4, 0.5) is 0 Å². The van der Waals surface area contributed by atoms with Gasteiger partial charge in [-0.15, -0.1) is 5.10 Å². The molecule has 6 nitrogen and oxygen atoms in total. The maximum absolute atomic E-state index is 12.1. The SMILES string of the molecule is Cc1ccc(-n2nnnc2SC(C)C(=O)NCC(C)C)c(C)c1. The predicted molar refractivity (Wildman–Crippen MR) is 91.8 cm³/mol. The highest BCUT2D eigenvalue weighted by Crippen LogP contribution is 2.24. The van der Waals surface area contributed by atoms with Crippen LogP contribution in [0.15, 0.2) is 23.4 Å². The van der Waals surface area contributed by atoms with Crippen LogP contribution in [0.3, 0.4) is 0 Å². The van der Waals surface area contributed by atoms with Gasteiger partial charge in [-0.3, -0.25) is 4.79 Å². The summed E-state index contributed by atoms with van der Waals surface area (Å²) < 4.78 is 1.69. The summed E-state index contributed by atoms with van der Waals surface area (Å²) in [5.74, 6) is 0.426. The Morgan fingerprint density at radius 1 is 1.30 bits per heavy atom. The standard InChI is InChI=1S/C16H23N5OS/c1-10(2)9-17-15(22)13(5)23-16-18-19-20-21(16)14-7-6-11(3)8-12(14)4/h6-8,10,13H,9H2,1-5H3,(H,17,22). The first kappa shape index (κ1) is 17.5. The van der Waals surface area contributed by atoms with Gasteiger partial charge in [0.05, 0.1) is 10.9 Å². The molecule has 1 heterocycles. The Morgan fingerprint density at radius 2 is 2.04 bits per heavy atom. The molecule has 124 valence electrons. The van der Waals surface area contributed by atoms with E-state index in [0.717, 1.165) is 11.3 Å². The fraction of sp³-hybridized carbons (Fsp3) is 0.500. The Bertz CT molecular complexity index is 683. The highest BCUT2D eigenvalue weighted by molar-refractivity contribution is 8.00. The summed E-state index contributed by atoms with van der Waals surface area (Å²) in [7, 11) is 0. The Balaban J connectivity index is 2.13. The number of thioether (sulfide) groups is 1. The van der Waals surface area contributed by atoms with Gasteiger partial charge >= 0.3 is 0 Å². The van der Waals surface area contributed by atoms with Gasteiger partial charge in [-0.1, -0.05) is 43.3 Å². The number of carbonyl (C=O) groups excluding carboxylic acids is 1. The van der Waals surface area contributed by atoms with E-state index >= 15 is 0 Å². The highest BCUT2D eigenvalue weighted by atomic mass is 32.2. The van der Waals surface area contributed by atoms with E-state index in [2.05, 4.69) is 40.8 Å². The lowest BCUT2D eigenvalue weighted by atomic mass is 10.1. The third kappa shape index (κ3) is 4.54. The van der Waals surface area contributed by atoms with Gasteiger partial charge in [0.1, 0.15) is 0 Å². The number of benzene rings is 1. The van der Waals surface area contributed by atoms with Crippen molar-refractivity contribution in [3.63, 3.8) is 0 Å². The van der Waals surface area contributed by atoms with Crippen molar-refractivity contribution in [2.75, 3.05) is 6.54 Å². The van der Waals surface area contributed by atoms with Crippen molar-refractivity contribution in [1.82, 2.24) is 25.5 Å². The molecular weight excluding hydrogens is 310 g/mol. The first-order valence-electron chi connectivity index (χ1n) is 7.69.